The number of rotatable bonds is 7. The molecule has 0 saturated heterocycles. The molecule has 0 atom stereocenters. The summed E-state index contributed by atoms with van der Waals surface area (Å²) < 4.78 is 13.1. The van der Waals surface area contributed by atoms with Gasteiger partial charge in [0.25, 0.3) is 0 Å². The van der Waals surface area contributed by atoms with Crippen LogP contribution in [0.15, 0.2) is 114 Å². The Balaban J connectivity index is 1.69. The van der Waals surface area contributed by atoms with Gasteiger partial charge in [0, 0.05) is 27.5 Å². The minimum atomic E-state index is -1.08. The van der Waals surface area contributed by atoms with Crippen LogP contribution in [0.3, 0.4) is 0 Å². The molecule has 4 nitrogen and oxygen atoms in total. The Bertz CT molecular complexity index is 1950. The van der Waals surface area contributed by atoms with Crippen molar-refractivity contribution >= 4 is 34.9 Å². The first-order valence-electron chi connectivity index (χ1n) is 14.0. The molecule has 5 heteroatoms. The molecule has 42 heavy (non-hydrogen) atoms. The first-order chi connectivity index (χ1) is 20.2. The summed E-state index contributed by atoms with van der Waals surface area (Å²) in [5.41, 5.74) is 6.72. The number of benzene rings is 5. The van der Waals surface area contributed by atoms with Crippen LogP contribution < -0.4 is 5.46 Å². The summed E-state index contributed by atoms with van der Waals surface area (Å²) in [6.45, 7) is 7.22. The molecule has 0 amide bonds. The maximum atomic E-state index is 10.7. The highest BCUT2D eigenvalue weighted by atomic mass is 16.5. The van der Waals surface area contributed by atoms with Crippen LogP contribution >= 0.6 is 0 Å². The molecule has 6 rings (SSSR count). The van der Waals surface area contributed by atoms with E-state index in [9.17, 15) is 10.4 Å². The summed E-state index contributed by atoms with van der Waals surface area (Å²) in [5.74, 6) is 0. The molecule has 0 spiro atoms. The molecule has 0 fully saturated rings. The van der Waals surface area contributed by atoms with Crippen LogP contribution in [0, 0.1) is 11.3 Å². The van der Waals surface area contributed by atoms with E-state index >= 15 is 0 Å². The summed E-state index contributed by atoms with van der Waals surface area (Å²) in [6.07, 6.45) is 0. The van der Waals surface area contributed by atoms with Gasteiger partial charge in [-0.1, -0.05) is 91.0 Å². The zero-order valence-corrected chi connectivity index (χ0v) is 24.2. The van der Waals surface area contributed by atoms with Crippen molar-refractivity contribution in [1.82, 2.24) is 0 Å². The minimum absolute atomic E-state index is 0.573. The van der Waals surface area contributed by atoms with Gasteiger partial charge in [0.05, 0.1) is 22.8 Å². The summed E-state index contributed by atoms with van der Waals surface area (Å²) >= 11 is 0. The third kappa shape index (κ3) is 4.90. The monoisotopic (exact) mass is 548 g/mol. The zero-order chi connectivity index (χ0) is 29.5. The number of aliphatic hydroxyl groups is 1. The number of hydrogen-bond donors (Lipinski definition) is 1. The highest BCUT2D eigenvalue weighted by Gasteiger charge is 2.36. The van der Waals surface area contributed by atoms with Gasteiger partial charge in [-0.05, 0) is 68.0 Å². The van der Waals surface area contributed by atoms with Crippen LogP contribution in [0.4, 0.5) is 0 Å². The first-order valence-corrected chi connectivity index (χ1v) is 14.0. The van der Waals surface area contributed by atoms with E-state index in [0.717, 1.165) is 55.2 Å². The van der Waals surface area contributed by atoms with Crippen LogP contribution in [0.5, 0.6) is 0 Å². The lowest BCUT2D eigenvalue weighted by atomic mass is 9.79. The first kappa shape index (κ1) is 27.5. The van der Waals surface area contributed by atoms with Crippen LogP contribution in [-0.4, -0.2) is 23.8 Å². The van der Waals surface area contributed by atoms with Crippen molar-refractivity contribution in [3.8, 4) is 39.4 Å². The molecule has 5 aromatic carbocycles. The predicted octanol–water partition coefficient (Wildman–Crippen LogP) is 8.27. The van der Waals surface area contributed by atoms with Crippen molar-refractivity contribution in [1.29, 1.82) is 5.26 Å². The van der Waals surface area contributed by atoms with Crippen molar-refractivity contribution < 1.29 is 14.2 Å². The number of furan rings is 1. The third-order valence-corrected chi connectivity index (χ3v) is 8.24. The smallest absolute Gasteiger partial charge is 0.331 e. The fourth-order valence-electron chi connectivity index (χ4n) is 5.12. The molecule has 1 heterocycles. The van der Waals surface area contributed by atoms with E-state index in [1.165, 1.54) is 0 Å². The largest absolute Gasteiger partial charge is 0.455 e. The van der Waals surface area contributed by atoms with Gasteiger partial charge in [0.15, 0.2) is 0 Å². The van der Waals surface area contributed by atoms with Gasteiger partial charge >= 0.3 is 7.48 Å². The van der Waals surface area contributed by atoms with Gasteiger partial charge in [0.2, 0.25) is 0 Å². The average Bonchev–Trinajstić information content (AvgIpc) is 3.40. The van der Waals surface area contributed by atoms with Crippen LogP contribution in [-0.2, 0) is 4.65 Å². The molecule has 0 aliphatic rings. The zero-order valence-electron chi connectivity index (χ0n) is 24.2. The van der Waals surface area contributed by atoms with Crippen LogP contribution in [0.2, 0.25) is 0 Å². The Kier molecular flexibility index (Phi) is 6.98. The van der Waals surface area contributed by atoms with Gasteiger partial charge in [-0.3, -0.25) is 0 Å². The van der Waals surface area contributed by atoms with E-state index < -0.39 is 11.2 Å². The van der Waals surface area contributed by atoms with Crippen molar-refractivity contribution in [2.24, 2.45) is 0 Å². The molecular weight excluding hydrogens is 517 g/mol. The molecule has 0 aliphatic heterocycles. The van der Waals surface area contributed by atoms with E-state index in [-0.39, 0.29) is 0 Å². The lowest BCUT2D eigenvalue weighted by Crippen LogP contribution is -2.49. The molecule has 6 aromatic rings. The van der Waals surface area contributed by atoms with E-state index in [0.29, 0.717) is 11.1 Å². The van der Waals surface area contributed by atoms with Gasteiger partial charge in [-0.2, -0.15) is 5.26 Å². The second-order valence-corrected chi connectivity index (χ2v) is 11.6. The fourth-order valence-corrected chi connectivity index (χ4v) is 5.12. The minimum Gasteiger partial charge on any atom is -0.455 e. The number of hydrogen-bond acceptors (Lipinski definition) is 4. The van der Waals surface area contributed by atoms with Gasteiger partial charge in [-0.15, -0.1) is 0 Å². The van der Waals surface area contributed by atoms with Crippen LogP contribution in [0.1, 0.15) is 33.3 Å². The molecule has 0 bridgehead atoms. The number of nitriles is 1. The van der Waals surface area contributed by atoms with E-state index in [4.69, 9.17) is 9.07 Å². The van der Waals surface area contributed by atoms with Gasteiger partial charge < -0.3 is 14.2 Å². The van der Waals surface area contributed by atoms with Crippen LogP contribution in [0.25, 0.3) is 55.3 Å². The van der Waals surface area contributed by atoms with Crippen molar-refractivity contribution in [3.05, 3.63) is 115 Å². The van der Waals surface area contributed by atoms with E-state index in [1.807, 2.05) is 86.6 Å². The highest BCUT2D eigenvalue weighted by Crippen LogP contribution is 2.42. The Morgan fingerprint density at radius 2 is 1.33 bits per heavy atom. The molecular formula is C37H31BNO3. The third-order valence-electron chi connectivity index (χ3n) is 8.24. The summed E-state index contributed by atoms with van der Waals surface area (Å²) in [4.78, 5) is 0. The van der Waals surface area contributed by atoms with E-state index in [2.05, 4.69) is 42.5 Å². The average molecular weight is 548 g/mol. The maximum absolute atomic E-state index is 10.7. The number of nitrogens with zero attached hydrogens (tertiary/aromatic N) is 1. The quantitative estimate of drug-likeness (QED) is 0.204. The Hall–Kier alpha value is -4.63. The molecule has 0 aliphatic carbocycles. The SMILES string of the molecule is CC(C)(O)C(C)(C)O[B]c1ccc(-c2ccccc2C#N)c2oc3c(-c4ccccc4)cc(-c4ccccc4)cc3c12. The fraction of sp³-hybridized carbons (Fsp3) is 0.162. The van der Waals surface area contributed by atoms with E-state index in [1.54, 1.807) is 21.3 Å². The Morgan fingerprint density at radius 1 is 0.690 bits per heavy atom. The molecule has 0 saturated carbocycles. The Labute approximate surface area is 247 Å². The van der Waals surface area contributed by atoms with Crippen molar-refractivity contribution in [2.75, 3.05) is 0 Å². The normalized spacial score (nSPS) is 12.0. The second-order valence-electron chi connectivity index (χ2n) is 11.6. The molecule has 1 N–H and O–H groups in total. The standard InChI is InChI=1S/C37H31BNO3/c1-36(2,40)37(3,4)42-38-32-20-19-29(28-18-12-11-17-26(28)23-39)35-33(32)31-22-27(24-13-7-5-8-14-24)21-30(34(31)41-35)25-15-9-6-10-16-25/h5-22,40H,1-4H3. The van der Waals surface area contributed by atoms with Crippen molar-refractivity contribution in [3.63, 3.8) is 0 Å². The topological polar surface area (TPSA) is 66.4 Å². The molecule has 205 valence electrons. The van der Waals surface area contributed by atoms with Gasteiger partial charge in [0.1, 0.15) is 11.2 Å². The highest BCUT2D eigenvalue weighted by molar-refractivity contribution is 6.53. The summed E-state index contributed by atoms with van der Waals surface area (Å²) in [6, 6.07) is 38.8. The van der Waals surface area contributed by atoms with Gasteiger partial charge in [-0.25, -0.2) is 0 Å². The van der Waals surface area contributed by atoms with Crippen molar-refractivity contribution in [2.45, 2.75) is 38.9 Å². The lowest BCUT2D eigenvalue weighted by molar-refractivity contribution is -0.0893. The molecule has 0 unspecified atom stereocenters. The second kappa shape index (κ2) is 10.7. The Morgan fingerprint density at radius 3 is 2.00 bits per heavy atom. The predicted molar refractivity (Wildman–Crippen MR) is 172 cm³/mol. The summed E-state index contributed by atoms with van der Waals surface area (Å²) in [5, 5.41) is 22.5. The molecule has 1 radical (unpaired) electrons. The maximum Gasteiger partial charge on any atom is 0.331 e. The lowest BCUT2D eigenvalue weighted by Gasteiger charge is -2.37. The molecule has 1 aromatic heterocycles. The number of fused-ring (bicyclic) bond motifs is 3. The summed E-state index contributed by atoms with van der Waals surface area (Å²) in [7, 11) is 1.71.